The normalized spacial score (nSPS) is 11.6. The van der Waals surface area contributed by atoms with Crippen LogP contribution in [-0.4, -0.2) is 25.5 Å². The number of nitrogens with zero attached hydrogens (tertiary/aromatic N) is 4. The second-order valence-corrected chi connectivity index (χ2v) is 8.42. The van der Waals surface area contributed by atoms with Crippen molar-refractivity contribution in [2.45, 2.75) is 32.9 Å². The van der Waals surface area contributed by atoms with Gasteiger partial charge >= 0.3 is 0 Å². The summed E-state index contributed by atoms with van der Waals surface area (Å²) in [6.45, 7) is 6.03. The highest BCUT2D eigenvalue weighted by Crippen LogP contribution is 2.24. The molecule has 2 aromatic heterocycles. The maximum absolute atomic E-state index is 12.7. The Kier molecular flexibility index (Phi) is 5.65. The Morgan fingerprint density at radius 3 is 2.63 bits per heavy atom. The SMILES string of the molecule is Cc1cc(NC(=O)C(C)(C)n2cc(Br)cn2)nn1Cc1ccc(Cl)c(Cl)c1. The van der Waals surface area contributed by atoms with Gasteiger partial charge in [-0.05, 0) is 54.4 Å². The summed E-state index contributed by atoms with van der Waals surface area (Å²) in [4.78, 5) is 12.7. The number of carbonyl (C=O) groups excluding carboxylic acids is 1. The van der Waals surface area contributed by atoms with E-state index in [1.807, 2.05) is 25.1 Å². The standard InChI is InChI=1S/C18H18BrCl2N5O/c1-11-6-16(23-17(27)18(2,3)26-10-13(19)8-22-26)24-25(11)9-12-4-5-14(20)15(21)7-12/h4-8,10H,9H2,1-3H3,(H,23,24,27). The predicted molar refractivity (Wildman–Crippen MR) is 110 cm³/mol. The van der Waals surface area contributed by atoms with Gasteiger partial charge in [0.25, 0.3) is 5.91 Å². The van der Waals surface area contributed by atoms with E-state index in [0.29, 0.717) is 22.4 Å². The van der Waals surface area contributed by atoms with Gasteiger partial charge in [-0.1, -0.05) is 29.3 Å². The van der Waals surface area contributed by atoms with E-state index >= 15 is 0 Å². The third-order valence-corrected chi connectivity index (χ3v) is 5.37. The highest BCUT2D eigenvalue weighted by atomic mass is 79.9. The smallest absolute Gasteiger partial charge is 0.252 e. The molecule has 0 unspecified atom stereocenters. The summed E-state index contributed by atoms with van der Waals surface area (Å²) in [6.07, 6.45) is 3.40. The molecule has 3 aromatic rings. The first-order valence-electron chi connectivity index (χ1n) is 8.17. The average Bonchev–Trinajstić information content (AvgIpc) is 3.17. The molecule has 142 valence electrons. The van der Waals surface area contributed by atoms with Crippen LogP contribution in [0, 0.1) is 6.92 Å². The lowest BCUT2D eigenvalue weighted by Gasteiger charge is -2.23. The Morgan fingerprint density at radius 1 is 1.26 bits per heavy atom. The number of hydrogen-bond acceptors (Lipinski definition) is 3. The number of aromatic nitrogens is 4. The second kappa shape index (κ2) is 7.66. The number of aryl methyl sites for hydroxylation is 1. The molecule has 1 aromatic carbocycles. The average molecular weight is 471 g/mol. The van der Waals surface area contributed by atoms with Gasteiger partial charge in [-0.15, -0.1) is 0 Å². The van der Waals surface area contributed by atoms with Crippen LogP contribution in [0.5, 0.6) is 0 Å². The van der Waals surface area contributed by atoms with Crippen LogP contribution in [-0.2, 0) is 16.9 Å². The molecule has 0 fully saturated rings. The number of nitrogens with one attached hydrogen (secondary N) is 1. The van der Waals surface area contributed by atoms with Crippen molar-refractivity contribution in [1.82, 2.24) is 19.6 Å². The Morgan fingerprint density at radius 2 is 2.00 bits per heavy atom. The van der Waals surface area contributed by atoms with E-state index in [0.717, 1.165) is 15.7 Å². The second-order valence-electron chi connectivity index (χ2n) is 6.69. The van der Waals surface area contributed by atoms with Crippen molar-refractivity contribution in [3.8, 4) is 0 Å². The van der Waals surface area contributed by atoms with Gasteiger partial charge in [-0.3, -0.25) is 14.2 Å². The van der Waals surface area contributed by atoms with Gasteiger partial charge in [0, 0.05) is 18.0 Å². The van der Waals surface area contributed by atoms with E-state index in [1.165, 1.54) is 0 Å². The fraction of sp³-hybridized carbons (Fsp3) is 0.278. The van der Waals surface area contributed by atoms with Gasteiger partial charge in [0.2, 0.25) is 0 Å². The van der Waals surface area contributed by atoms with Crippen LogP contribution < -0.4 is 5.32 Å². The number of halogens is 3. The molecule has 0 spiro atoms. The Labute approximate surface area is 175 Å². The Hall–Kier alpha value is -1.83. The summed E-state index contributed by atoms with van der Waals surface area (Å²) in [6, 6.07) is 7.28. The Balaban J connectivity index is 1.76. The molecule has 2 heterocycles. The van der Waals surface area contributed by atoms with Gasteiger partial charge in [0.15, 0.2) is 5.82 Å². The highest BCUT2D eigenvalue weighted by molar-refractivity contribution is 9.10. The first-order valence-corrected chi connectivity index (χ1v) is 9.72. The first kappa shape index (κ1) is 19.9. The molecule has 0 atom stereocenters. The number of anilines is 1. The molecule has 27 heavy (non-hydrogen) atoms. The molecule has 0 bridgehead atoms. The maximum atomic E-state index is 12.7. The molecule has 0 saturated heterocycles. The summed E-state index contributed by atoms with van der Waals surface area (Å²) >= 11 is 15.4. The van der Waals surface area contributed by atoms with Crippen molar-refractivity contribution in [1.29, 1.82) is 0 Å². The topological polar surface area (TPSA) is 64.7 Å². The summed E-state index contributed by atoms with van der Waals surface area (Å²) in [5.41, 5.74) is 1.01. The van der Waals surface area contributed by atoms with Gasteiger partial charge < -0.3 is 5.32 Å². The van der Waals surface area contributed by atoms with Crippen LogP contribution in [0.2, 0.25) is 10.0 Å². The lowest BCUT2D eigenvalue weighted by molar-refractivity contribution is -0.123. The van der Waals surface area contributed by atoms with Crippen molar-refractivity contribution in [2.24, 2.45) is 0 Å². The third kappa shape index (κ3) is 4.36. The van der Waals surface area contributed by atoms with E-state index < -0.39 is 5.54 Å². The van der Waals surface area contributed by atoms with Crippen molar-refractivity contribution in [3.05, 3.63) is 62.4 Å². The first-order chi connectivity index (χ1) is 12.7. The molecule has 0 aliphatic heterocycles. The molecular formula is C18H18BrCl2N5O. The minimum Gasteiger partial charge on any atom is -0.307 e. The molecule has 0 saturated carbocycles. The third-order valence-electron chi connectivity index (χ3n) is 4.22. The summed E-state index contributed by atoms with van der Waals surface area (Å²) < 4.78 is 4.21. The van der Waals surface area contributed by atoms with Crippen LogP contribution in [0.25, 0.3) is 0 Å². The Bertz CT molecular complexity index is 996. The van der Waals surface area contributed by atoms with E-state index in [2.05, 4.69) is 31.4 Å². The maximum Gasteiger partial charge on any atom is 0.252 e. The number of rotatable bonds is 5. The zero-order chi connectivity index (χ0) is 19.8. The van der Waals surface area contributed by atoms with E-state index in [9.17, 15) is 4.79 Å². The fourth-order valence-corrected chi connectivity index (χ4v) is 3.13. The largest absolute Gasteiger partial charge is 0.307 e. The molecular weight excluding hydrogens is 453 g/mol. The number of benzene rings is 1. The van der Waals surface area contributed by atoms with Crippen molar-refractivity contribution >= 4 is 50.9 Å². The molecule has 3 rings (SSSR count). The molecule has 6 nitrogen and oxygen atoms in total. The molecule has 0 aliphatic carbocycles. The van der Waals surface area contributed by atoms with Gasteiger partial charge in [-0.2, -0.15) is 10.2 Å². The van der Waals surface area contributed by atoms with Gasteiger partial charge in [0.1, 0.15) is 5.54 Å². The van der Waals surface area contributed by atoms with Crippen LogP contribution in [0.4, 0.5) is 5.82 Å². The quantitative estimate of drug-likeness (QED) is 0.577. The monoisotopic (exact) mass is 469 g/mol. The van der Waals surface area contributed by atoms with E-state index in [4.69, 9.17) is 23.2 Å². The summed E-state index contributed by atoms with van der Waals surface area (Å²) in [5.74, 6) is 0.272. The predicted octanol–water partition coefficient (Wildman–Crippen LogP) is 4.88. The van der Waals surface area contributed by atoms with Crippen molar-refractivity contribution in [3.63, 3.8) is 0 Å². The zero-order valence-corrected chi connectivity index (χ0v) is 18.1. The summed E-state index contributed by atoms with van der Waals surface area (Å²) in [5, 5.41) is 12.6. The van der Waals surface area contributed by atoms with Crippen molar-refractivity contribution in [2.75, 3.05) is 5.32 Å². The lowest BCUT2D eigenvalue weighted by atomic mass is 10.1. The van der Waals surface area contributed by atoms with E-state index in [-0.39, 0.29) is 5.91 Å². The van der Waals surface area contributed by atoms with Gasteiger partial charge in [-0.25, -0.2) is 0 Å². The fourth-order valence-electron chi connectivity index (χ4n) is 2.52. The molecule has 9 heteroatoms. The summed E-state index contributed by atoms with van der Waals surface area (Å²) in [7, 11) is 0. The minimum absolute atomic E-state index is 0.211. The molecule has 1 N–H and O–H groups in total. The van der Waals surface area contributed by atoms with Crippen LogP contribution >= 0.6 is 39.1 Å². The van der Waals surface area contributed by atoms with Gasteiger partial charge in [0.05, 0.1) is 27.3 Å². The van der Waals surface area contributed by atoms with Crippen LogP contribution in [0.1, 0.15) is 25.1 Å². The molecule has 0 aliphatic rings. The molecule has 1 amide bonds. The lowest BCUT2D eigenvalue weighted by Crippen LogP contribution is -2.40. The van der Waals surface area contributed by atoms with Crippen LogP contribution in [0.15, 0.2) is 41.1 Å². The zero-order valence-electron chi connectivity index (χ0n) is 15.0. The highest BCUT2D eigenvalue weighted by Gasteiger charge is 2.31. The number of amides is 1. The molecule has 0 radical (unpaired) electrons. The minimum atomic E-state index is -0.868. The number of carbonyl (C=O) groups is 1. The van der Waals surface area contributed by atoms with E-state index in [1.54, 1.807) is 41.7 Å². The van der Waals surface area contributed by atoms with Crippen molar-refractivity contribution < 1.29 is 4.79 Å². The number of hydrogen-bond donors (Lipinski definition) is 1. The van der Waals surface area contributed by atoms with Crippen LogP contribution in [0.3, 0.4) is 0 Å².